The Morgan fingerprint density at radius 3 is 2.77 bits per heavy atom. The summed E-state index contributed by atoms with van der Waals surface area (Å²) in [6, 6.07) is 12.3. The number of rotatable bonds is 7. The number of fused-ring (bicyclic) bond motifs is 1. The van der Waals surface area contributed by atoms with Crippen molar-refractivity contribution in [3.63, 3.8) is 0 Å². The Kier molecular flexibility index (Phi) is 4.79. The van der Waals surface area contributed by atoms with Gasteiger partial charge in [-0.25, -0.2) is 0 Å². The van der Waals surface area contributed by atoms with Crippen LogP contribution in [0.5, 0.6) is 11.5 Å². The fourth-order valence-electron chi connectivity index (χ4n) is 3.50. The summed E-state index contributed by atoms with van der Waals surface area (Å²) in [5.74, 6) is 2.19. The molecule has 2 aliphatic rings. The van der Waals surface area contributed by atoms with Gasteiger partial charge in [-0.1, -0.05) is 18.2 Å². The first kappa shape index (κ1) is 16.9. The van der Waals surface area contributed by atoms with E-state index in [0.29, 0.717) is 6.61 Å². The minimum absolute atomic E-state index is 0.233. The van der Waals surface area contributed by atoms with Gasteiger partial charge in [0.25, 0.3) is 0 Å². The summed E-state index contributed by atoms with van der Waals surface area (Å²) >= 11 is 0. The molecule has 2 aromatic carbocycles. The topological polar surface area (TPSA) is 35.5 Å². The molecule has 0 bridgehead atoms. The van der Waals surface area contributed by atoms with Crippen molar-refractivity contribution in [2.24, 2.45) is 5.92 Å². The van der Waals surface area contributed by atoms with Gasteiger partial charge in [0.1, 0.15) is 18.1 Å². The molecule has 3 nitrogen and oxygen atoms in total. The van der Waals surface area contributed by atoms with E-state index >= 15 is 0 Å². The number of benzene rings is 2. The predicted molar refractivity (Wildman–Crippen MR) is 103 cm³/mol. The Hall–Kier alpha value is -2.55. The van der Waals surface area contributed by atoms with Crippen LogP contribution in [-0.4, -0.2) is 12.9 Å². The third kappa shape index (κ3) is 3.82. The number of ether oxygens (including phenoxy) is 2. The zero-order valence-corrected chi connectivity index (χ0v) is 15.2. The van der Waals surface area contributed by atoms with Crippen molar-refractivity contribution in [1.29, 1.82) is 0 Å². The average molecular weight is 348 g/mol. The van der Waals surface area contributed by atoms with E-state index in [2.05, 4.69) is 18.2 Å². The number of allylic oxidation sites excluding steroid dienone is 1. The molecule has 0 spiro atoms. The van der Waals surface area contributed by atoms with Crippen LogP contribution in [-0.2, 0) is 24.2 Å². The summed E-state index contributed by atoms with van der Waals surface area (Å²) in [6.45, 7) is 0.445. The first-order chi connectivity index (χ1) is 12.7. The van der Waals surface area contributed by atoms with Crippen molar-refractivity contribution in [2.75, 3.05) is 7.11 Å². The molecule has 0 aliphatic heterocycles. The molecule has 0 N–H and O–H groups in total. The maximum absolute atomic E-state index is 11.9. The third-order valence-corrected chi connectivity index (χ3v) is 5.19. The second-order valence-corrected chi connectivity index (χ2v) is 7.15. The first-order valence-electron chi connectivity index (χ1n) is 9.36. The zero-order valence-electron chi connectivity index (χ0n) is 15.2. The van der Waals surface area contributed by atoms with Crippen LogP contribution < -0.4 is 9.47 Å². The summed E-state index contributed by atoms with van der Waals surface area (Å²) < 4.78 is 11.5. The maximum atomic E-state index is 11.9. The van der Waals surface area contributed by atoms with Gasteiger partial charge in [-0.3, -0.25) is 4.79 Å². The Morgan fingerprint density at radius 1 is 1.12 bits per heavy atom. The number of aryl methyl sites for hydroxylation is 2. The van der Waals surface area contributed by atoms with Crippen LogP contribution in [0.4, 0.5) is 0 Å². The Balaban J connectivity index is 1.47. The molecule has 1 fully saturated rings. The molecule has 1 saturated carbocycles. The highest BCUT2D eigenvalue weighted by Gasteiger charge is 2.27. The number of ketones is 1. The van der Waals surface area contributed by atoms with E-state index in [9.17, 15) is 4.79 Å². The fraction of sp³-hybridized carbons (Fsp3) is 0.348. The van der Waals surface area contributed by atoms with E-state index in [0.717, 1.165) is 41.9 Å². The highest BCUT2D eigenvalue weighted by molar-refractivity contribution is 5.96. The van der Waals surface area contributed by atoms with E-state index < -0.39 is 0 Å². The second kappa shape index (κ2) is 7.36. The van der Waals surface area contributed by atoms with Crippen LogP contribution in [0.15, 0.2) is 42.5 Å². The van der Waals surface area contributed by atoms with Crippen molar-refractivity contribution in [3.05, 3.63) is 64.7 Å². The van der Waals surface area contributed by atoms with Gasteiger partial charge < -0.3 is 9.47 Å². The van der Waals surface area contributed by atoms with E-state index in [1.165, 1.54) is 24.0 Å². The molecule has 26 heavy (non-hydrogen) atoms. The molecule has 2 aliphatic carbocycles. The van der Waals surface area contributed by atoms with Crippen LogP contribution in [0.2, 0.25) is 0 Å². The van der Waals surface area contributed by atoms with E-state index in [4.69, 9.17) is 9.47 Å². The summed E-state index contributed by atoms with van der Waals surface area (Å²) in [5.41, 5.74) is 4.83. The molecule has 0 radical (unpaired) electrons. The van der Waals surface area contributed by atoms with Crippen molar-refractivity contribution >= 4 is 11.9 Å². The lowest BCUT2D eigenvalue weighted by molar-refractivity contribution is -0.115. The molecule has 0 atom stereocenters. The van der Waals surface area contributed by atoms with Gasteiger partial charge in [-0.15, -0.1) is 0 Å². The molecule has 0 amide bonds. The molecule has 0 saturated heterocycles. The molecular weight excluding hydrogens is 324 g/mol. The Labute approximate surface area is 154 Å². The summed E-state index contributed by atoms with van der Waals surface area (Å²) in [4.78, 5) is 11.9. The number of carbonyl (C=O) groups excluding carboxylic acids is 1. The normalized spacial score (nSPS) is 15.9. The molecule has 4 rings (SSSR count). The van der Waals surface area contributed by atoms with Crippen molar-refractivity contribution < 1.29 is 14.3 Å². The van der Waals surface area contributed by atoms with Crippen LogP contribution >= 0.6 is 0 Å². The largest absolute Gasteiger partial charge is 0.496 e. The van der Waals surface area contributed by atoms with E-state index in [1.54, 1.807) is 13.2 Å². The smallest absolute Gasteiger partial charge is 0.158 e. The first-order valence-corrected chi connectivity index (χ1v) is 9.36. The van der Waals surface area contributed by atoms with Crippen molar-refractivity contribution in [2.45, 2.75) is 38.7 Å². The van der Waals surface area contributed by atoms with E-state index in [1.807, 2.05) is 24.3 Å². The van der Waals surface area contributed by atoms with Gasteiger partial charge >= 0.3 is 0 Å². The molecule has 0 unspecified atom stereocenters. The molecule has 0 aromatic heterocycles. The minimum Gasteiger partial charge on any atom is -0.496 e. The quantitative estimate of drug-likeness (QED) is 0.677. The lowest BCUT2D eigenvalue weighted by Crippen LogP contribution is -2.00. The predicted octanol–water partition coefficient (Wildman–Crippen LogP) is 4.76. The maximum Gasteiger partial charge on any atom is 0.158 e. The average Bonchev–Trinajstić information content (AvgIpc) is 3.42. The number of carbonyl (C=O) groups is 1. The highest BCUT2D eigenvalue weighted by Crippen LogP contribution is 2.31. The van der Waals surface area contributed by atoms with Crippen molar-refractivity contribution in [3.8, 4) is 11.5 Å². The standard InChI is InChI=1S/C23H24O3/c1-25-23-12-6-16(5-11-22(24)18-7-8-18)13-20(23)15-26-21-10-9-17-3-2-4-19(17)14-21/h5-6,9-14,18H,2-4,7-8,15H2,1H3/b11-5+. The van der Waals surface area contributed by atoms with Gasteiger partial charge in [0.05, 0.1) is 7.11 Å². The third-order valence-electron chi connectivity index (χ3n) is 5.19. The minimum atomic E-state index is 0.233. The van der Waals surface area contributed by atoms with Crippen LogP contribution in [0.25, 0.3) is 6.08 Å². The molecule has 3 heteroatoms. The molecule has 0 heterocycles. The number of methoxy groups -OCH3 is 1. The Morgan fingerprint density at radius 2 is 1.96 bits per heavy atom. The molecule has 134 valence electrons. The van der Waals surface area contributed by atoms with Crippen LogP contribution in [0.3, 0.4) is 0 Å². The lowest BCUT2D eigenvalue weighted by Gasteiger charge is -2.12. The van der Waals surface area contributed by atoms with Crippen LogP contribution in [0.1, 0.15) is 41.5 Å². The molecular formula is C23H24O3. The fourth-order valence-corrected chi connectivity index (χ4v) is 3.50. The monoisotopic (exact) mass is 348 g/mol. The highest BCUT2D eigenvalue weighted by atomic mass is 16.5. The number of hydrogen-bond acceptors (Lipinski definition) is 3. The lowest BCUT2D eigenvalue weighted by atomic mass is 10.1. The van der Waals surface area contributed by atoms with Crippen LogP contribution in [0, 0.1) is 5.92 Å². The summed E-state index contributed by atoms with van der Waals surface area (Å²) in [5, 5.41) is 0. The van der Waals surface area contributed by atoms with Gasteiger partial charge in [0.15, 0.2) is 5.78 Å². The Bertz CT molecular complexity index is 847. The van der Waals surface area contributed by atoms with Gasteiger partial charge in [0, 0.05) is 11.5 Å². The number of hydrogen-bond donors (Lipinski definition) is 0. The van der Waals surface area contributed by atoms with Gasteiger partial charge in [-0.2, -0.15) is 0 Å². The second-order valence-electron chi connectivity index (χ2n) is 7.15. The van der Waals surface area contributed by atoms with E-state index in [-0.39, 0.29) is 11.7 Å². The van der Waals surface area contributed by atoms with Crippen molar-refractivity contribution in [1.82, 2.24) is 0 Å². The summed E-state index contributed by atoms with van der Waals surface area (Å²) in [7, 11) is 1.67. The van der Waals surface area contributed by atoms with Gasteiger partial charge in [0.2, 0.25) is 0 Å². The SMILES string of the molecule is COc1ccc(/C=C/C(=O)C2CC2)cc1COc1ccc2c(c1)CCC2. The summed E-state index contributed by atoms with van der Waals surface area (Å²) in [6.07, 6.45) is 9.21. The molecule has 2 aromatic rings. The van der Waals surface area contributed by atoms with Gasteiger partial charge in [-0.05, 0) is 79.1 Å². The zero-order chi connectivity index (χ0) is 17.9.